The van der Waals surface area contributed by atoms with Crippen LogP contribution in [0.25, 0.3) is 0 Å². The molecule has 0 aromatic rings. The molecule has 1 saturated heterocycles. The van der Waals surface area contributed by atoms with Crippen LogP contribution >= 0.6 is 0 Å². The summed E-state index contributed by atoms with van der Waals surface area (Å²) in [6.07, 6.45) is -12.4. The van der Waals surface area contributed by atoms with Crippen LogP contribution < -0.4 is 0 Å². The third kappa shape index (κ3) is 6.31. The van der Waals surface area contributed by atoms with Crippen LogP contribution in [-0.4, -0.2) is 124 Å². The van der Waals surface area contributed by atoms with Crippen LogP contribution in [-0.2, 0) is 14.6 Å². The summed E-state index contributed by atoms with van der Waals surface area (Å²) in [5, 5.41) is 76.7. The van der Waals surface area contributed by atoms with Crippen molar-refractivity contribution in [2.75, 3.05) is 13.2 Å². The van der Waals surface area contributed by atoms with Gasteiger partial charge >= 0.3 is 154 Å². The molecule has 0 spiro atoms. The average Bonchev–Trinajstić information content (AvgIpc) is 2.82. The normalized spacial score (nSPS) is 32.8. The molecule has 0 aromatic heterocycles. The standard InChI is InChI=1S/C12H24O12SSe/c13-1-5(15)10(19)11(20)12(24-25(21,22)23)7(17)4-26-3-6(16)9(18)8(26)2-14/h5-20H,1-4H2/p+1/t5?,6-,7?,8-,9+,10?,11?,12-,26?/m1/s1. The second kappa shape index (κ2) is 10.0. The molecule has 0 bridgehead atoms. The van der Waals surface area contributed by atoms with Gasteiger partial charge in [0.25, 0.3) is 0 Å². The Kier molecular flexibility index (Phi) is 9.29. The van der Waals surface area contributed by atoms with E-state index >= 15 is 0 Å². The number of aliphatic hydroxyl groups is 8. The first kappa shape index (κ1) is 24.1. The van der Waals surface area contributed by atoms with E-state index in [0.717, 1.165) is 0 Å². The molecule has 14 heteroatoms. The van der Waals surface area contributed by atoms with Gasteiger partial charge in [-0.05, 0) is 0 Å². The zero-order valence-electron chi connectivity index (χ0n) is 13.5. The van der Waals surface area contributed by atoms with Crippen molar-refractivity contribution in [3.8, 4) is 0 Å². The van der Waals surface area contributed by atoms with Gasteiger partial charge in [0, 0.05) is 0 Å². The summed E-state index contributed by atoms with van der Waals surface area (Å²) in [7, 11) is -5.16. The third-order valence-electron chi connectivity index (χ3n) is 4.03. The van der Waals surface area contributed by atoms with Crippen molar-refractivity contribution in [1.29, 1.82) is 0 Å². The van der Waals surface area contributed by atoms with Crippen molar-refractivity contribution in [3.63, 3.8) is 0 Å². The minimum atomic E-state index is -5.16. The molecule has 26 heavy (non-hydrogen) atoms. The van der Waals surface area contributed by atoms with Gasteiger partial charge in [0.15, 0.2) is 0 Å². The number of hydrogen-bond acceptors (Lipinski definition) is 11. The molecule has 0 aromatic carbocycles. The maximum atomic E-state index is 11.0. The van der Waals surface area contributed by atoms with E-state index in [-0.39, 0.29) is 10.6 Å². The molecule has 9 atom stereocenters. The van der Waals surface area contributed by atoms with Gasteiger partial charge in [-0.25, -0.2) is 0 Å². The van der Waals surface area contributed by atoms with Crippen molar-refractivity contribution in [1.82, 2.24) is 0 Å². The SMILES string of the molecule is O=S(=O)(O)O[C@H](C(O)C[Se+]1C[C@@H](O)[C@H](O)[C@H]1CO)C(O)C(O)C(O)CO. The number of hydrogen-bond donors (Lipinski definition) is 9. The first-order chi connectivity index (χ1) is 11.9. The van der Waals surface area contributed by atoms with Gasteiger partial charge in [0.1, 0.15) is 0 Å². The van der Waals surface area contributed by atoms with Gasteiger partial charge in [0.05, 0.1) is 0 Å². The van der Waals surface area contributed by atoms with Gasteiger partial charge in [-0.2, -0.15) is 0 Å². The molecule has 156 valence electrons. The van der Waals surface area contributed by atoms with Gasteiger partial charge in [-0.1, -0.05) is 0 Å². The van der Waals surface area contributed by atoms with Crippen molar-refractivity contribution in [2.24, 2.45) is 0 Å². The minimum absolute atomic E-state index is 0.0833. The molecule has 0 aliphatic carbocycles. The van der Waals surface area contributed by atoms with Crippen molar-refractivity contribution in [3.05, 3.63) is 0 Å². The molecule has 12 nitrogen and oxygen atoms in total. The Labute approximate surface area is 154 Å². The Morgan fingerprint density at radius 3 is 2.08 bits per heavy atom. The number of aliphatic hydroxyl groups excluding tert-OH is 8. The summed E-state index contributed by atoms with van der Waals surface area (Å²) in [5.41, 5.74) is 0. The summed E-state index contributed by atoms with van der Waals surface area (Å²) >= 11 is -2.10. The van der Waals surface area contributed by atoms with Crippen LogP contribution in [0.15, 0.2) is 0 Å². The first-order valence-electron chi connectivity index (χ1n) is 7.55. The van der Waals surface area contributed by atoms with E-state index in [2.05, 4.69) is 4.18 Å². The quantitative estimate of drug-likeness (QED) is 0.108. The third-order valence-corrected chi connectivity index (χ3v) is 10.4. The van der Waals surface area contributed by atoms with E-state index in [4.69, 9.17) is 9.66 Å². The van der Waals surface area contributed by atoms with E-state index in [9.17, 15) is 44.2 Å². The van der Waals surface area contributed by atoms with Gasteiger partial charge in [-0.15, -0.1) is 0 Å². The molecule has 0 radical (unpaired) electrons. The van der Waals surface area contributed by atoms with Crippen LogP contribution in [0, 0.1) is 0 Å². The molecule has 1 heterocycles. The zero-order chi connectivity index (χ0) is 20.2. The summed E-state index contributed by atoms with van der Waals surface area (Å²) in [5.74, 6) is 0. The van der Waals surface area contributed by atoms with Gasteiger partial charge < -0.3 is 0 Å². The molecule has 9 N–H and O–H groups in total. The number of rotatable bonds is 10. The molecular weight excluding hydrogens is 447 g/mol. The summed E-state index contributed by atoms with van der Waals surface area (Å²) < 4.78 is 35.0. The zero-order valence-corrected chi connectivity index (χ0v) is 16.0. The fourth-order valence-corrected chi connectivity index (χ4v) is 8.77. The van der Waals surface area contributed by atoms with E-state index in [1.54, 1.807) is 0 Å². The Bertz CT molecular complexity index is 532. The Morgan fingerprint density at radius 1 is 1.04 bits per heavy atom. The van der Waals surface area contributed by atoms with Crippen LogP contribution in [0.2, 0.25) is 15.5 Å². The Morgan fingerprint density at radius 2 is 1.62 bits per heavy atom. The monoisotopic (exact) mass is 473 g/mol. The molecule has 0 amide bonds. The fraction of sp³-hybridized carbons (Fsp3) is 1.00. The fourth-order valence-electron chi connectivity index (χ4n) is 2.62. The van der Waals surface area contributed by atoms with Crippen LogP contribution in [0.4, 0.5) is 0 Å². The van der Waals surface area contributed by atoms with Crippen molar-refractivity contribution in [2.45, 2.75) is 58.2 Å². The topological polar surface area (TPSA) is 225 Å². The van der Waals surface area contributed by atoms with Crippen LogP contribution in [0.1, 0.15) is 0 Å². The van der Waals surface area contributed by atoms with Crippen molar-refractivity contribution >= 4 is 24.3 Å². The Balaban J connectivity index is 2.95. The van der Waals surface area contributed by atoms with Crippen molar-refractivity contribution < 1.29 is 58.0 Å². The molecular formula is C12H25O12SSe+. The summed E-state index contributed by atoms with van der Waals surface area (Å²) in [6, 6.07) is 0. The molecule has 5 unspecified atom stereocenters. The van der Waals surface area contributed by atoms with Gasteiger partial charge in [0.2, 0.25) is 0 Å². The van der Waals surface area contributed by atoms with Gasteiger partial charge in [-0.3, -0.25) is 0 Å². The molecule has 0 saturated carbocycles. The second-order valence-corrected chi connectivity index (χ2v) is 11.9. The van der Waals surface area contributed by atoms with E-state index in [1.165, 1.54) is 0 Å². The second-order valence-electron chi connectivity index (χ2n) is 5.94. The maximum absolute atomic E-state index is 11.0. The predicted octanol–water partition coefficient (Wildman–Crippen LogP) is -4.80. The molecule has 1 fully saturated rings. The molecule has 1 aliphatic rings. The first-order valence-corrected chi connectivity index (χ1v) is 12.3. The summed E-state index contributed by atoms with van der Waals surface area (Å²) in [6.45, 7) is -1.46. The Hall–Kier alpha value is 0.0695. The molecule has 1 aliphatic heterocycles. The van der Waals surface area contributed by atoms with Crippen LogP contribution in [0.3, 0.4) is 0 Å². The predicted molar refractivity (Wildman–Crippen MR) is 85.8 cm³/mol. The summed E-state index contributed by atoms with van der Waals surface area (Å²) in [4.78, 5) is -0.712. The van der Waals surface area contributed by atoms with E-state index in [0.29, 0.717) is 0 Å². The van der Waals surface area contributed by atoms with Crippen LogP contribution in [0.5, 0.6) is 0 Å². The van der Waals surface area contributed by atoms with E-state index < -0.39 is 85.1 Å². The molecule has 1 rings (SSSR count). The van der Waals surface area contributed by atoms with E-state index in [1.807, 2.05) is 0 Å². The average molecular weight is 472 g/mol.